The van der Waals surface area contributed by atoms with Crippen molar-refractivity contribution in [3.8, 4) is 0 Å². The molecule has 122 valence electrons. The fraction of sp³-hybridized carbons (Fsp3) is 0.278. The molecule has 5 nitrogen and oxygen atoms in total. The molecule has 0 aliphatic carbocycles. The molecular formula is C18H16N2O3S. The lowest BCUT2D eigenvalue weighted by Gasteiger charge is -2.22. The van der Waals surface area contributed by atoms with Crippen LogP contribution >= 0.6 is 11.3 Å². The molecule has 0 spiro atoms. The minimum absolute atomic E-state index is 0.0424. The highest BCUT2D eigenvalue weighted by molar-refractivity contribution is 7.09. The van der Waals surface area contributed by atoms with E-state index >= 15 is 0 Å². The Morgan fingerprint density at radius 1 is 1.38 bits per heavy atom. The van der Waals surface area contributed by atoms with Gasteiger partial charge in [-0.2, -0.15) is 0 Å². The van der Waals surface area contributed by atoms with E-state index in [4.69, 9.17) is 4.42 Å². The van der Waals surface area contributed by atoms with Crippen LogP contribution in [0, 0.1) is 6.92 Å². The highest BCUT2D eigenvalue weighted by atomic mass is 32.1. The molecule has 1 aliphatic rings. The summed E-state index contributed by atoms with van der Waals surface area (Å²) in [6.07, 6.45) is 1.80. The number of carbonyl (C=O) groups is 1. The molecular weight excluding hydrogens is 324 g/mol. The topological polar surface area (TPSA) is 63.4 Å². The van der Waals surface area contributed by atoms with Crippen molar-refractivity contribution in [1.29, 1.82) is 0 Å². The molecule has 4 rings (SSSR count). The van der Waals surface area contributed by atoms with Gasteiger partial charge in [-0.15, -0.1) is 11.3 Å². The largest absolute Gasteiger partial charge is 0.417 e. The minimum atomic E-state index is -0.475. The van der Waals surface area contributed by atoms with Crippen LogP contribution in [0.2, 0.25) is 0 Å². The van der Waals surface area contributed by atoms with Crippen LogP contribution in [0.25, 0.3) is 10.8 Å². The Bertz CT molecular complexity index is 976. The van der Waals surface area contributed by atoms with E-state index in [0.717, 1.165) is 28.9 Å². The van der Waals surface area contributed by atoms with Crippen LogP contribution in [0.5, 0.6) is 0 Å². The summed E-state index contributed by atoms with van der Waals surface area (Å²) in [7, 11) is 0. The van der Waals surface area contributed by atoms with Gasteiger partial charge in [0.2, 0.25) is 0 Å². The lowest BCUT2D eigenvalue weighted by molar-refractivity contribution is 0.0696. The number of hydrogen-bond acceptors (Lipinski definition) is 5. The van der Waals surface area contributed by atoms with Crippen LogP contribution in [-0.2, 0) is 0 Å². The van der Waals surface area contributed by atoms with Crippen molar-refractivity contribution in [1.82, 2.24) is 9.88 Å². The smallest absolute Gasteiger partial charge is 0.344 e. The maximum absolute atomic E-state index is 12.9. The summed E-state index contributed by atoms with van der Waals surface area (Å²) < 4.78 is 5.29. The van der Waals surface area contributed by atoms with Crippen LogP contribution in [-0.4, -0.2) is 22.3 Å². The summed E-state index contributed by atoms with van der Waals surface area (Å²) >= 11 is 1.58. The summed E-state index contributed by atoms with van der Waals surface area (Å²) in [6, 6.07) is 8.75. The van der Waals surface area contributed by atoms with Gasteiger partial charge in [-0.05, 0) is 37.3 Å². The molecule has 0 unspecified atom stereocenters. The van der Waals surface area contributed by atoms with Gasteiger partial charge in [0, 0.05) is 11.9 Å². The lowest BCUT2D eigenvalue weighted by atomic mass is 10.1. The standard InChI is InChI=1S/C18H16N2O3S/c1-11-19-14(10-24-11)15-7-4-8-20(15)17(21)16-9-12-5-2-3-6-13(12)18(22)23-16/h2-3,5-6,9-10,15H,4,7-8H2,1H3/t15-/m1/s1. The van der Waals surface area contributed by atoms with Crippen LogP contribution in [0.4, 0.5) is 0 Å². The van der Waals surface area contributed by atoms with Gasteiger partial charge in [0.25, 0.3) is 5.91 Å². The molecule has 3 heterocycles. The number of aryl methyl sites for hydroxylation is 1. The average Bonchev–Trinajstić information content (AvgIpc) is 3.22. The Balaban J connectivity index is 1.71. The maximum atomic E-state index is 12.9. The van der Waals surface area contributed by atoms with Crippen molar-refractivity contribution in [3.63, 3.8) is 0 Å². The van der Waals surface area contributed by atoms with Crippen LogP contribution < -0.4 is 5.63 Å². The van der Waals surface area contributed by atoms with E-state index in [0.29, 0.717) is 11.9 Å². The molecule has 3 aromatic rings. The number of benzene rings is 1. The number of nitrogens with zero attached hydrogens (tertiary/aromatic N) is 2. The van der Waals surface area contributed by atoms with Gasteiger partial charge in [-0.3, -0.25) is 4.79 Å². The quantitative estimate of drug-likeness (QED) is 0.716. The van der Waals surface area contributed by atoms with Gasteiger partial charge >= 0.3 is 5.63 Å². The van der Waals surface area contributed by atoms with E-state index in [1.54, 1.807) is 34.4 Å². The first-order valence-electron chi connectivity index (χ1n) is 7.89. The van der Waals surface area contributed by atoms with E-state index < -0.39 is 5.63 Å². The number of carbonyl (C=O) groups excluding carboxylic acids is 1. The summed E-state index contributed by atoms with van der Waals surface area (Å²) in [5.74, 6) is -0.149. The number of thiazole rings is 1. The predicted octanol–water partition coefficient (Wildman–Crippen LogP) is 3.54. The van der Waals surface area contributed by atoms with E-state index in [2.05, 4.69) is 4.98 Å². The van der Waals surface area contributed by atoms with Gasteiger partial charge in [-0.25, -0.2) is 9.78 Å². The van der Waals surface area contributed by atoms with Crippen molar-refractivity contribution < 1.29 is 9.21 Å². The molecule has 0 saturated carbocycles. The number of hydrogen-bond donors (Lipinski definition) is 0. The zero-order valence-corrected chi connectivity index (χ0v) is 14.0. The lowest BCUT2D eigenvalue weighted by Crippen LogP contribution is -2.31. The Morgan fingerprint density at radius 3 is 3.00 bits per heavy atom. The summed E-state index contributed by atoms with van der Waals surface area (Å²) in [6.45, 7) is 2.61. The second-order valence-corrected chi connectivity index (χ2v) is 7.00. The zero-order valence-electron chi connectivity index (χ0n) is 13.2. The molecule has 1 aromatic carbocycles. The Kier molecular flexibility index (Phi) is 3.69. The molecule has 1 aliphatic heterocycles. The molecule has 1 saturated heterocycles. The fourth-order valence-electron chi connectivity index (χ4n) is 3.23. The third kappa shape index (κ3) is 2.53. The first kappa shape index (κ1) is 15.1. The molecule has 0 radical (unpaired) electrons. The number of aromatic nitrogens is 1. The number of rotatable bonds is 2. The summed E-state index contributed by atoms with van der Waals surface area (Å²) in [5.41, 5.74) is 0.447. The normalized spacial score (nSPS) is 17.5. The van der Waals surface area contributed by atoms with E-state index in [1.807, 2.05) is 24.4 Å². The van der Waals surface area contributed by atoms with E-state index in [-0.39, 0.29) is 17.7 Å². The number of amides is 1. The fourth-order valence-corrected chi connectivity index (χ4v) is 3.89. The summed E-state index contributed by atoms with van der Waals surface area (Å²) in [4.78, 5) is 31.3. The Morgan fingerprint density at radius 2 is 2.21 bits per heavy atom. The van der Waals surface area contributed by atoms with Crippen LogP contribution in [0.1, 0.15) is 40.1 Å². The average molecular weight is 340 g/mol. The van der Waals surface area contributed by atoms with Gasteiger partial charge in [-0.1, -0.05) is 18.2 Å². The maximum Gasteiger partial charge on any atom is 0.344 e. The number of fused-ring (bicyclic) bond motifs is 1. The van der Waals surface area contributed by atoms with Crippen molar-refractivity contribution in [2.45, 2.75) is 25.8 Å². The number of likely N-dealkylation sites (tertiary alicyclic amines) is 1. The zero-order chi connectivity index (χ0) is 16.7. The monoisotopic (exact) mass is 340 g/mol. The summed E-state index contributed by atoms with van der Waals surface area (Å²) in [5, 5.41) is 4.20. The molecule has 0 bridgehead atoms. The highest BCUT2D eigenvalue weighted by Crippen LogP contribution is 2.33. The Hall–Kier alpha value is -2.47. The third-order valence-corrected chi connectivity index (χ3v) is 5.16. The van der Waals surface area contributed by atoms with Gasteiger partial charge in [0.15, 0.2) is 5.76 Å². The second-order valence-electron chi connectivity index (χ2n) is 5.93. The molecule has 24 heavy (non-hydrogen) atoms. The highest BCUT2D eigenvalue weighted by Gasteiger charge is 2.33. The molecule has 2 aromatic heterocycles. The predicted molar refractivity (Wildman–Crippen MR) is 92.3 cm³/mol. The van der Waals surface area contributed by atoms with Crippen molar-refractivity contribution in [2.75, 3.05) is 6.54 Å². The van der Waals surface area contributed by atoms with Crippen molar-refractivity contribution in [2.24, 2.45) is 0 Å². The van der Waals surface area contributed by atoms with Gasteiger partial charge in [0.1, 0.15) is 0 Å². The molecule has 0 N–H and O–H groups in total. The van der Waals surface area contributed by atoms with Crippen molar-refractivity contribution >= 4 is 28.0 Å². The third-order valence-electron chi connectivity index (χ3n) is 4.37. The molecule has 1 atom stereocenters. The van der Waals surface area contributed by atoms with Gasteiger partial charge < -0.3 is 9.32 Å². The molecule has 1 fully saturated rings. The first-order chi connectivity index (χ1) is 11.6. The molecule has 1 amide bonds. The minimum Gasteiger partial charge on any atom is -0.417 e. The molecule has 6 heteroatoms. The van der Waals surface area contributed by atoms with E-state index in [9.17, 15) is 9.59 Å². The second kappa shape index (κ2) is 5.87. The van der Waals surface area contributed by atoms with Crippen LogP contribution in [0.3, 0.4) is 0 Å². The SMILES string of the molecule is Cc1nc([C@H]2CCCN2C(=O)c2cc3ccccc3c(=O)o2)cs1. The van der Waals surface area contributed by atoms with E-state index in [1.165, 1.54) is 0 Å². The Labute approximate surface area is 142 Å². The van der Waals surface area contributed by atoms with Crippen LogP contribution in [0.15, 0.2) is 44.9 Å². The van der Waals surface area contributed by atoms with Crippen molar-refractivity contribution in [3.05, 3.63) is 62.6 Å². The first-order valence-corrected chi connectivity index (χ1v) is 8.77. The van der Waals surface area contributed by atoms with Gasteiger partial charge in [0.05, 0.1) is 22.1 Å².